The van der Waals surface area contributed by atoms with Gasteiger partial charge in [0.05, 0.1) is 18.1 Å². The first-order valence-corrected chi connectivity index (χ1v) is 7.69. The Morgan fingerprint density at radius 1 is 1.30 bits per heavy atom. The molecule has 3 rings (SSSR count). The van der Waals surface area contributed by atoms with E-state index in [0.29, 0.717) is 30.4 Å². The summed E-state index contributed by atoms with van der Waals surface area (Å²) in [6.07, 6.45) is 0.0850. The van der Waals surface area contributed by atoms with E-state index in [1.54, 1.807) is 17.0 Å². The quantitative estimate of drug-likeness (QED) is 0.884. The summed E-state index contributed by atoms with van der Waals surface area (Å²) in [6, 6.07) is 6.62. The van der Waals surface area contributed by atoms with Crippen molar-refractivity contribution in [3.8, 4) is 5.75 Å². The summed E-state index contributed by atoms with van der Waals surface area (Å²) < 4.78 is 5.71. The number of benzene rings is 1. The molecule has 7 nitrogen and oxygen atoms in total. The molecule has 122 valence electrons. The van der Waals surface area contributed by atoms with Crippen LogP contribution < -0.4 is 10.1 Å². The summed E-state index contributed by atoms with van der Waals surface area (Å²) in [5.41, 5.74) is 0. The molecular formula is C15H16ClN3O4. The standard InChI is InChI=1S/C15H16ClN3O4/c16-11-3-1-2-4-12(11)23-10-7-18(8-10)14(21)9-19-13(20)5-6-17-15(19)22/h1-4,10H,5-9H2,(H,17,22). The van der Waals surface area contributed by atoms with Gasteiger partial charge in [-0.05, 0) is 12.1 Å². The number of para-hydroxylation sites is 1. The number of hydrogen-bond donors (Lipinski definition) is 1. The van der Waals surface area contributed by atoms with Crippen LogP contribution in [0.2, 0.25) is 5.02 Å². The van der Waals surface area contributed by atoms with Crippen molar-refractivity contribution in [3.05, 3.63) is 29.3 Å². The maximum absolute atomic E-state index is 12.1. The molecule has 0 unspecified atom stereocenters. The van der Waals surface area contributed by atoms with Gasteiger partial charge in [-0.2, -0.15) is 0 Å². The molecule has 8 heteroatoms. The smallest absolute Gasteiger partial charge is 0.324 e. The summed E-state index contributed by atoms with van der Waals surface area (Å²) in [4.78, 5) is 37.9. The van der Waals surface area contributed by atoms with Gasteiger partial charge in [0.1, 0.15) is 18.4 Å². The van der Waals surface area contributed by atoms with Crippen LogP contribution in [-0.4, -0.2) is 59.9 Å². The molecule has 0 aliphatic carbocycles. The van der Waals surface area contributed by atoms with Gasteiger partial charge >= 0.3 is 6.03 Å². The molecule has 2 heterocycles. The van der Waals surface area contributed by atoms with E-state index in [2.05, 4.69) is 5.32 Å². The highest BCUT2D eigenvalue weighted by molar-refractivity contribution is 6.32. The molecule has 0 atom stereocenters. The van der Waals surface area contributed by atoms with E-state index in [4.69, 9.17) is 16.3 Å². The fourth-order valence-corrected chi connectivity index (χ4v) is 2.63. The zero-order chi connectivity index (χ0) is 16.4. The average molecular weight is 338 g/mol. The average Bonchev–Trinajstić information content (AvgIpc) is 2.48. The number of nitrogens with zero attached hydrogens (tertiary/aromatic N) is 2. The molecular weight excluding hydrogens is 322 g/mol. The largest absolute Gasteiger partial charge is 0.485 e. The van der Waals surface area contributed by atoms with Gasteiger partial charge in [-0.25, -0.2) is 4.79 Å². The number of halogens is 1. The predicted octanol–water partition coefficient (Wildman–Crippen LogP) is 0.871. The lowest BCUT2D eigenvalue weighted by molar-refractivity contribution is -0.144. The maximum atomic E-state index is 12.1. The molecule has 4 amide bonds. The van der Waals surface area contributed by atoms with Gasteiger partial charge in [0.15, 0.2) is 0 Å². The first-order chi connectivity index (χ1) is 11.0. The molecule has 1 aromatic rings. The van der Waals surface area contributed by atoms with E-state index in [-0.39, 0.29) is 30.9 Å². The summed E-state index contributed by atoms with van der Waals surface area (Å²) in [7, 11) is 0. The van der Waals surface area contributed by atoms with Crippen LogP contribution in [0.4, 0.5) is 4.79 Å². The van der Waals surface area contributed by atoms with Crippen LogP contribution in [0.15, 0.2) is 24.3 Å². The lowest BCUT2D eigenvalue weighted by Gasteiger charge is -2.40. The van der Waals surface area contributed by atoms with Gasteiger partial charge in [0.2, 0.25) is 11.8 Å². The Labute approximate surface area is 138 Å². The molecule has 2 aliphatic rings. The zero-order valence-electron chi connectivity index (χ0n) is 12.3. The predicted molar refractivity (Wildman–Crippen MR) is 82.2 cm³/mol. The van der Waals surface area contributed by atoms with Gasteiger partial charge < -0.3 is 15.0 Å². The molecule has 0 saturated carbocycles. The Balaban J connectivity index is 1.49. The molecule has 1 N–H and O–H groups in total. The fraction of sp³-hybridized carbons (Fsp3) is 0.400. The van der Waals surface area contributed by atoms with Crippen LogP contribution in [0.1, 0.15) is 6.42 Å². The summed E-state index contributed by atoms with van der Waals surface area (Å²) in [5, 5.41) is 3.07. The van der Waals surface area contributed by atoms with Crippen molar-refractivity contribution in [3.63, 3.8) is 0 Å². The maximum Gasteiger partial charge on any atom is 0.324 e. The van der Waals surface area contributed by atoms with E-state index in [9.17, 15) is 14.4 Å². The van der Waals surface area contributed by atoms with Crippen LogP contribution in [0.5, 0.6) is 5.75 Å². The number of rotatable bonds is 4. The molecule has 0 bridgehead atoms. The van der Waals surface area contributed by atoms with Gasteiger partial charge in [-0.3, -0.25) is 14.5 Å². The summed E-state index contributed by atoms with van der Waals surface area (Å²) in [5.74, 6) is -0.0160. The third kappa shape index (κ3) is 3.39. The molecule has 0 radical (unpaired) electrons. The van der Waals surface area contributed by atoms with Gasteiger partial charge in [0.25, 0.3) is 0 Å². The number of urea groups is 1. The minimum atomic E-state index is -0.515. The van der Waals surface area contributed by atoms with Crippen LogP contribution in [-0.2, 0) is 9.59 Å². The van der Waals surface area contributed by atoms with Crippen molar-refractivity contribution in [2.75, 3.05) is 26.2 Å². The second-order valence-electron chi connectivity index (χ2n) is 5.43. The van der Waals surface area contributed by atoms with Crippen molar-refractivity contribution in [1.82, 2.24) is 15.1 Å². The van der Waals surface area contributed by atoms with Crippen molar-refractivity contribution in [1.29, 1.82) is 0 Å². The topological polar surface area (TPSA) is 79.0 Å². The van der Waals surface area contributed by atoms with E-state index in [0.717, 1.165) is 4.90 Å². The normalized spacial score (nSPS) is 18.5. The first-order valence-electron chi connectivity index (χ1n) is 7.32. The molecule has 0 aromatic heterocycles. The molecule has 23 heavy (non-hydrogen) atoms. The third-order valence-corrected chi connectivity index (χ3v) is 4.10. The third-order valence-electron chi connectivity index (χ3n) is 3.79. The molecule has 0 spiro atoms. The highest BCUT2D eigenvalue weighted by Crippen LogP contribution is 2.26. The van der Waals surface area contributed by atoms with Crippen molar-refractivity contribution in [2.45, 2.75) is 12.5 Å². The number of likely N-dealkylation sites (tertiary alicyclic amines) is 1. The Morgan fingerprint density at radius 2 is 2.04 bits per heavy atom. The number of hydrogen-bond acceptors (Lipinski definition) is 4. The van der Waals surface area contributed by atoms with Crippen LogP contribution in [0.25, 0.3) is 0 Å². The van der Waals surface area contributed by atoms with Gasteiger partial charge in [0, 0.05) is 13.0 Å². The molecule has 2 fully saturated rings. The van der Waals surface area contributed by atoms with Crippen LogP contribution in [0.3, 0.4) is 0 Å². The van der Waals surface area contributed by atoms with E-state index >= 15 is 0 Å². The molecule has 2 saturated heterocycles. The van der Waals surface area contributed by atoms with Gasteiger partial charge in [-0.1, -0.05) is 23.7 Å². The van der Waals surface area contributed by atoms with Crippen molar-refractivity contribution in [2.24, 2.45) is 0 Å². The van der Waals surface area contributed by atoms with Crippen LogP contribution >= 0.6 is 11.6 Å². The number of carbonyl (C=O) groups excluding carboxylic acids is 3. The Kier molecular flexibility index (Phi) is 4.38. The van der Waals surface area contributed by atoms with E-state index < -0.39 is 6.03 Å². The number of nitrogens with one attached hydrogen (secondary N) is 1. The van der Waals surface area contributed by atoms with E-state index in [1.165, 1.54) is 0 Å². The van der Waals surface area contributed by atoms with E-state index in [1.807, 2.05) is 12.1 Å². The zero-order valence-corrected chi connectivity index (χ0v) is 13.1. The SMILES string of the molecule is O=C(CN1C(=O)CCNC1=O)N1CC(Oc2ccccc2Cl)C1. The highest BCUT2D eigenvalue weighted by atomic mass is 35.5. The number of imide groups is 1. The lowest BCUT2D eigenvalue weighted by atomic mass is 10.1. The monoisotopic (exact) mass is 337 g/mol. The Morgan fingerprint density at radius 3 is 2.74 bits per heavy atom. The number of carbonyl (C=O) groups is 3. The van der Waals surface area contributed by atoms with Crippen molar-refractivity contribution >= 4 is 29.4 Å². The lowest BCUT2D eigenvalue weighted by Crippen LogP contribution is -2.60. The van der Waals surface area contributed by atoms with Crippen LogP contribution in [0, 0.1) is 0 Å². The molecule has 2 aliphatic heterocycles. The minimum Gasteiger partial charge on any atom is -0.485 e. The molecule has 1 aromatic carbocycles. The van der Waals surface area contributed by atoms with Crippen molar-refractivity contribution < 1.29 is 19.1 Å². The fourth-order valence-electron chi connectivity index (χ4n) is 2.45. The Bertz CT molecular complexity index is 629. The first kappa shape index (κ1) is 15.6. The number of amides is 4. The van der Waals surface area contributed by atoms with Gasteiger partial charge in [-0.15, -0.1) is 0 Å². The second kappa shape index (κ2) is 6.45. The minimum absolute atomic E-state index is 0.135. The summed E-state index contributed by atoms with van der Waals surface area (Å²) >= 11 is 6.02. The Hall–Kier alpha value is -2.28. The highest BCUT2D eigenvalue weighted by Gasteiger charge is 2.35. The number of ether oxygens (including phenoxy) is 1. The summed E-state index contributed by atoms with van der Waals surface area (Å²) in [6.45, 7) is 0.907. The second-order valence-corrected chi connectivity index (χ2v) is 5.84.